The fraction of sp³-hybridized carbons (Fsp3) is 0.357. The standard InChI is InChI=1S/C14H15BrF3N3O2/c1-13(2,14(16,17)18)9(22)6-11(19)21-12(23)5-8-3-4-10(15)20-7-8/h3-4,6-7,22H,5H2,1-2H3,(H2,19,21,23)/p+1/b9-6-. The molecule has 0 bridgehead atoms. The van der Waals surface area contributed by atoms with Gasteiger partial charge in [0.1, 0.15) is 10.4 Å². The van der Waals surface area contributed by atoms with E-state index < -0.39 is 29.1 Å². The Morgan fingerprint density at radius 3 is 2.52 bits per heavy atom. The molecule has 0 radical (unpaired) electrons. The van der Waals surface area contributed by atoms with E-state index in [9.17, 15) is 18.0 Å². The van der Waals surface area contributed by atoms with Crippen LogP contribution < -0.4 is 5.32 Å². The Morgan fingerprint density at radius 2 is 2.04 bits per heavy atom. The molecule has 0 aromatic carbocycles. The summed E-state index contributed by atoms with van der Waals surface area (Å²) in [6.45, 7) is 1.68. The molecule has 126 valence electrons. The third-order valence-electron chi connectivity index (χ3n) is 3.10. The predicted octanol–water partition coefficient (Wildman–Crippen LogP) is 2.68. The minimum atomic E-state index is -4.62. The number of halogens is 4. The molecule has 1 aromatic rings. The zero-order valence-electron chi connectivity index (χ0n) is 12.4. The summed E-state index contributed by atoms with van der Waals surface area (Å²) < 4.78 is 39.0. The van der Waals surface area contributed by atoms with Crippen molar-refractivity contribution in [1.29, 1.82) is 5.41 Å². The molecule has 0 aliphatic rings. The number of aromatic nitrogens is 1. The normalized spacial score (nSPS) is 12.9. The van der Waals surface area contributed by atoms with Crippen LogP contribution in [0.1, 0.15) is 19.4 Å². The Kier molecular flexibility index (Phi) is 5.92. The van der Waals surface area contributed by atoms with Crippen LogP contribution in [0.25, 0.3) is 0 Å². The number of nitrogens with zero attached hydrogens (tertiary/aromatic N) is 1. The molecule has 0 atom stereocenters. The lowest BCUT2D eigenvalue weighted by Gasteiger charge is -2.23. The summed E-state index contributed by atoms with van der Waals surface area (Å²) in [6, 6.07) is 3.29. The first kappa shape index (κ1) is 19.1. The van der Waals surface area contributed by atoms with Crippen molar-refractivity contribution >= 4 is 27.7 Å². The second kappa shape index (κ2) is 7.12. The van der Waals surface area contributed by atoms with Gasteiger partial charge in [-0.25, -0.2) is 4.98 Å². The Hall–Kier alpha value is -1.90. The van der Waals surface area contributed by atoms with E-state index in [1.165, 1.54) is 6.20 Å². The third-order valence-corrected chi connectivity index (χ3v) is 3.57. The second-order valence-electron chi connectivity index (χ2n) is 5.31. The second-order valence-corrected chi connectivity index (χ2v) is 6.12. The molecule has 1 rings (SSSR count). The van der Waals surface area contributed by atoms with Crippen LogP contribution in [-0.4, -0.2) is 28.0 Å². The van der Waals surface area contributed by atoms with Crippen LogP contribution in [0.15, 0.2) is 34.8 Å². The van der Waals surface area contributed by atoms with Crippen molar-refractivity contribution in [3.8, 4) is 0 Å². The number of hydrogen-bond donors (Lipinski definition) is 2. The van der Waals surface area contributed by atoms with Crippen molar-refractivity contribution in [2.45, 2.75) is 26.4 Å². The summed E-state index contributed by atoms with van der Waals surface area (Å²) in [5.41, 5.74) is -1.82. The first-order chi connectivity index (χ1) is 10.4. The molecule has 0 aliphatic heterocycles. The number of nitrogens with one attached hydrogen (secondary N) is 2. The average Bonchev–Trinajstić information content (AvgIpc) is 2.39. The first-order valence-corrected chi connectivity index (χ1v) is 7.22. The van der Waals surface area contributed by atoms with E-state index >= 15 is 0 Å². The van der Waals surface area contributed by atoms with Gasteiger partial charge < -0.3 is 10.4 Å². The molecular formula is C14H16BrF3N3O2+. The number of hydrogen-bond acceptors (Lipinski definition) is 3. The minimum absolute atomic E-state index is 0.0769. The lowest BCUT2D eigenvalue weighted by Crippen LogP contribution is -2.36. The number of rotatable bonds is 4. The van der Waals surface area contributed by atoms with Crippen LogP contribution in [0, 0.1) is 10.8 Å². The number of pyridine rings is 1. The van der Waals surface area contributed by atoms with Gasteiger partial charge in [0.05, 0.1) is 12.5 Å². The Bertz CT molecular complexity index is 625. The summed E-state index contributed by atoms with van der Waals surface area (Å²) in [5, 5.41) is 17.1. The molecule has 4 N–H and O–H groups in total. The molecule has 0 saturated heterocycles. The summed E-state index contributed by atoms with van der Waals surface area (Å²) in [6.07, 6.45) is -2.54. The van der Waals surface area contributed by atoms with E-state index in [1.54, 1.807) is 12.1 Å². The van der Waals surface area contributed by atoms with Crippen molar-refractivity contribution in [2.75, 3.05) is 0 Å². The van der Waals surface area contributed by atoms with E-state index in [2.05, 4.69) is 26.2 Å². The average molecular weight is 395 g/mol. The third kappa shape index (κ3) is 5.34. The highest BCUT2D eigenvalue weighted by atomic mass is 79.9. The number of carbonyl (C=O) groups is 1. The van der Waals surface area contributed by atoms with Gasteiger partial charge in [0, 0.05) is 6.20 Å². The molecule has 23 heavy (non-hydrogen) atoms. The monoisotopic (exact) mass is 394 g/mol. The first-order valence-electron chi connectivity index (χ1n) is 6.43. The number of carbonyl (C=O) groups excluding carboxylic acids is 1. The van der Waals surface area contributed by atoms with E-state index in [0.717, 1.165) is 13.8 Å². The molecule has 5 nitrogen and oxygen atoms in total. The number of amides is 1. The highest BCUT2D eigenvalue weighted by Crippen LogP contribution is 2.42. The van der Waals surface area contributed by atoms with Crippen LogP contribution in [-0.2, 0) is 11.2 Å². The van der Waals surface area contributed by atoms with Gasteiger partial charge in [0.2, 0.25) is 11.7 Å². The smallest absolute Gasteiger partial charge is 0.406 e. The van der Waals surface area contributed by atoms with Crippen LogP contribution in [0.2, 0.25) is 0 Å². The fourth-order valence-corrected chi connectivity index (χ4v) is 1.64. The zero-order valence-corrected chi connectivity index (χ0v) is 14.0. The molecule has 0 aliphatic carbocycles. The number of allylic oxidation sites excluding steroid dienone is 1. The molecule has 0 saturated carbocycles. The van der Waals surface area contributed by atoms with Gasteiger partial charge in [0.15, 0.2) is 5.41 Å². The summed E-state index contributed by atoms with van der Waals surface area (Å²) in [4.78, 5) is 15.7. The van der Waals surface area contributed by atoms with Crippen molar-refractivity contribution < 1.29 is 23.1 Å². The highest BCUT2D eigenvalue weighted by molar-refractivity contribution is 9.10. The van der Waals surface area contributed by atoms with Crippen LogP contribution >= 0.6 is 15.9 Å². The molecule has 0 fully saturated rings. The number of amidine groups is 1. The van der Waals surface area contributed by atoms with E-state index in [0.29, 0.717) is 16.2 Å². The molecule has 1 aromatic heterocycles. The van der Waals surface area contributed by atoms with Gasteiger partial charge in [-0.05, 0) is 41.4 Å². The van der Waals surface area contributed by atoms with Gasteiger partial charge in [-0.2, -0.15) is 13.2 Å². The summed E-state index contributed by atoms with van der Waals surface area (Å²) >= 11 is 3.15. The number of alkyl halides is 3. The molecule has 1 amide bonds. The largest absolute Gasteiger partial charge is 0.596 e. The maximum Gasteiger partial charge on any atom is 0.406 e. The van der Waals surface area contributed by atoms with Crippen molar-refractivity contribution in [1.82, 2.24) is 10.3 Å². The van der Waals surface area contributed by atoms with Crippen LogP contribution in [0.4, 0.5) is 13.2 Å². The molecular weight excluding hydrogens is 379 g/mol. The molecule has 0 unspecified atom stereocenters. The van der Waals surface area contributed by atoms with Gasteiger partial charge in [0.25, 0.3) is 0 Å². The zero-order chi connectivity index (χ0) is 17.8. The maximum atomic E-state index is 12.8. The van der Waals surface area contributed by atoms with Crippen molar-refractivity contribution in [3.05, 3.63) is 40.3 Å². The lowest BCUT2D eigenvalue weighted by atomic mass is 9.89. The Balaban J connectivity index is 2.70. The van der Waals surface area contributed by atoms with E-state index in [1.807, 2.05) is 0 Å². The van der Waals surface area contributed by atoms with Crippen LogP contribution in [0.3, 0.4) is 0 Å². The molecule has 9 heteroatoms. The van der Waals surface area contributed by atoms with Gasteiger partial charge >= 0.3 is 6.18 Å². The minimum Gasteiger partial charge on any atom is -0.596 e. The topological polar surface area (TPSA) is 88.7 Å². The Labute approximate surface area is 139 Å². The predicted molar refractivity (Wildman–Crippen MR) is 83.0 cm³/mol. The summed E-state index contributed by atoms with van der Waals surface area (Å²) in [7, 11) is 0. The van der Waals surface area contributed by atoms with E-state index in [-0.39, 0.29) is 6.42 Å². The van der Waals surface area contributed by atoms with Crippen LogP contribution in [0.5, 0.6) is 0 Å². The lowest BCUT2D eigenvalue weighted by molar-refractivity contribution is -0.206. The quantitative estimate of drug-likeness (QED) is 0.270. The highest BCUT2D eigenvalue weighted by Gasteiger charge is 2.53. The molecule has 0 spiro atoms. The fourth-order valence-electron chi connectivity index (χ4n) is 1.40. The maximum absolute atomic E-state index is 12.8. The van der Waals surface area contributed by atoms with Crippen molar-refractivity contribution in [2.24, 2.45) is 5.41 Å². The summed E-state index contributed by atoms with van der Waals surface area (Å²) in [5.74, 6) is -1.95. The molecule has 1 heterocycles. The Morgan fingerprint density at radius 1 is 1.43 bits per heavy atom. The van der Waals surface area contributed by atoms with Gasteiger partial charge in [-0.1, -0.05) is 6.07 Å². The van der Waals surface area contributed by atoms with Gasteiger partial charge in [-0.15, -0.1) is 0 Å². The van der Waals surface area contributed by atoms with Crippen molar-refractivity contribution in [3.63, 3.8) is 0 Å². The van der Waals surface area contributed by atoms with Gasteiger partial charge in [-0.3, -0.25) is 10.2 Å². The SMILES string of the molecule is CC(C)(/C([OH2+])=C/C(=N)NC(=O)Cc1ccc(Br)nc1)C(F)(F)F. The van der Waals surface area contributed by atoms with E-state index in [4.69, 9.17) is 10.5 Å².